The van der Waals surface area contributed by atoms with Gasteiger partial charge in [-0.15, -0.1) is 0 Å². The molecule has 8 nitrogen and oxygen atoms in total. The van der Waals surface area contributed by atoms with Gasteiger partial charge in [-0.05, 0) is 73.2 Å². The third-order valence-corrected chi connectivity index (χ3v) is 7.63. The van der Waals surface area contributed by atoms with Gasteiger partial charge in [0, 0.05) is 33.5 Å². The lowest BCUT2D eigenvalue weighted by Gasteiger charge is -2.26. The van der Waals surface area contributed by atoms with Crippen molar-refractivity contribution in [1.82, 2.24) is 14.7 Å². The molecule has 3 aromatic carbocycles. The number of carbonyl (C=O) groups excluding carboxylic acids is 2. The molecular formula is C35H25ClN4O4. The SMILES string of the molecule is CC1=C(C#N)C(=O)N(Cc2ccco2)C(=O)/C1=C/c1cn(-c2ccccc2)nc1-c1ccc(OCc2ccccc2Cl)cc1. The quantitative estimate of drug-likeness (QED) is 0.138. The van der Waals surface area contributed by atoms with E-state index in [1.807, 2.05) is 91.1 Å². The number of hydrogen-bond donors (Lipinski definition) is 0. The number of amides is 2. The van der Waals surface area contributed by atoms with Gasteiger partial charge in [-0.25, -0.2) is 4.68 Å². The van der Waals surface area contributed by atoms with Gasteiger partial charge in [-0.1, -0.05) is 48.0 Å². The molecule has 2 amide bonds. The summed E-state index contributed by atoms with van der Waals surface area (Å²) in [5.41, 5.74) is 4.16. The van der Waals surface area contributed by atoms with Crippen LogP contribution in [0.5, 0.6) is 5.75 Å². The van der Waals surface area contributed by atoms with Crippen LogP contribution in [0.25, 0.3) is 23.0 Å². The van der Waals surface area contributed by atoms with Crippen LogP contribution in [0.2, 0.25) is 5.02 Å². The number of nitriles is 1. The van der Waals surface area contributed by atoms with Crippen molar-refractivity contribution in [2.24, 2.45) is 0 Å². The number of furan rings is 1. The molecule has 3 heterocycles. The first kappa shape index (κ1) is 28.5. The van der Waals surface area contributed by atoms with E-state index in [0.717, 1.165) is 21.7 Å². The van der Waals surface area contributed by atoms with Gasteiger partial charge in [0.15, 0.2) is 0 Å². The molecule has 0 N–H and O–H groups in total. The van der Waals surface area contributed by atoms with Crippen molar-refractivity contribution in [3.05, 3.63) is 142 Å². The van der Waals surface area contributed by atoms with Gasteiger partial charge in [0.2, 0.25) is 0 Å². The molecule has 0 fully saturated rings. The second-order valence-electron chi connectivity index (χ2n) is 10.1. The lowest BCUT2D eigenvalue weighted by atomic mass is 9.93. The summed E-state index contributed by atoms with van der Waals surface area (Å²) in [5.74, 6) is -0.0962. The fourth-order valence-electron chi connectivity index (χ4n) is 4.90. The van der Waals surface area contributed by atoms with E-state index in [2.05, 4.69) is 0 Å². The van der Waals surface area contributed by atoms with Crippen molar-refractivity contribution in [3.63, 3.8) is 0 Å². The maximum atomic E-state index is 13.7. The Morgan fingerprint density at radius 3 is 2.41 bits per heavy atom. The smallest absolute Gasteiger partial charge is 0.272 e. The lowest BCUT2D eigenvalue weighted by Crippen LogP contribution is -2.42. The van der Waals surface area contributed by atoms with Crippen LogP contribution in [0.4, 0.5) is 0 Å². The van der Waals surface area contributed by atoms with Crippen LogP contribution in [0.3, 0.4) is 0 Å². The second-order valence-corrected chi connectivity index (χ2v) is 10.5. The maximum Gasteiger partial charge on any atom is 0.272 e. The Bertz CT molecular complexity index is 1950. The Kier molecular flexibility index (Phi) is 7.96. The highest BCUT2D eigenvalue weighted by Crippen LogP contribution is 2.32. The second kappa shape index (κ2) is 12.3. The normalized spacial score (nSPS) is 14.3. The summed E-state index contributed by atoms with van der Waals surface area (Å²) in [7, 11) is 0. The third kappa shape index (κ3) is 5.69. The van der Waals surface area contributed by atoms with E-state index in [9.17, 15) is 14.9 Å². The number of ether oxygens (including phenoxy) is 1. The van der Waals surface area contributed by atoms with E-state index in [-0.39, 0.29) is 17.7 Å². The summed E-state index contributed by atoms with van der Waals surface area (Å²) in [4.78, 5) is 27.8. The van der Waals surface area contributed by atoms with Gasteiger partial charge in [-0.3, -0.25) is 14.5 Å². The summed E-state index contributed by atoms with van der Waals surface area (Å²) in [6.07, 6.45) is 4.97. The Morgan fingerprint density at radius 2 is 1.70 bits per heavy atom. The fourth-order valence-corrected chi connectivity index (χ4v) is 5.09. The molecule has 0 bridgehead atoms. The summed E-state index contributed by atoms with van der Waals surface area (Å²) in [6.45, 7) is 1.84. The van der Waals surface area contributed by atoms with Crippen LogP contribution < -0.4 is 4.74 Å². The van der Waals surface area contributed by atoms with E-state index < -0.39 is 11.8 Å². The predicted octanol–water partition coefficient (Wildman–Crippen LogP) is 7.16. The van der Waals surface area contributed by atoms with Crippen molar-refractivity contribution < 1.29 is 18.7 Å². The minimum absolute atomic E-state index is 0.0910. The molecule has 0 radical (unpaired) electrons. The maximum absolute atomic E-state index is 13.7. The Balaban J connectivity index is 1.38. The average molecular weight is 601 g/mol. The molecular weight excluding hydrogens is 576 g/mol. The van der Waals surface area contributed by atoms with Gasteiger partial charge < -0.3 is 9.15 Å². The highest BCUT2D eigenvalue weighted by Gasteiger charge is 2.36. The number of rotatable bonds is 8. The zero-order valence-electron chi connectivity index (χ0n) is 23.6. The molecule has 0 saturated carbocycles. The average Bonchev–Trinajstić information content (AvgIpc) is 3.72. The lowest BCUT2D eigenvalue weighted by molar-refractivity contribution is -0.141. The Hall–Kier alpha value is -5.65. The number of halogens is 1. The number of para-hydroxylation sites is 1. The summed E-state index contributed by atoms with van der Waals surface area (Å²) < 4.78 is 13.1. The van der Waals surface area contributed by atoms with Crippen LogP contribution in [-0.4, -0.2) is 26.5 Å². The van der Waals surface area contributed by atoms with Crippen molar-refractivity contribution in [1.29, 1.82) is 5.26 Å². The molecule has 216 valence electrons. The fraction of sp³-hybridized carbons (Fsp3) is 0.0857. The highest BCUT2D eigenvalue weighted by atomic mass is 35.5. The first-order chi connectivity index (χ1) is 21.4. The minimum Gasteiger partial charge on any atom is -0.489 e. The van der Waals surface area contributed by atoms with Gasteiger partial charge in [-0.2, -0.15) is 10.4 Å². The standard InChI is InChI=1S/C35H25ClN4O4/c1-23-30(34(41)39(35(42)31(23)19-37)21-29-11-7-17-43-29)18-26-20-40(27-9-3-2-4-10-27)38-33(26)24-13-15-28(16-14-24)44-22-25-8-5-6-12-32(25)36/h2-18,20H,21-22H2,1H3/b30-18+. The molecule has 2 aromatic heterocycles. The molecule has 0 unspecified atom stereocenters. The molecule has 0 spiro atoms. The molecule has 1 aliphatic rings. The number of benzene rings is 3. The van der Waals surface area contributed by atoms with Gasteiger partial charge in [0.05, 0.1) is 24.2 Å². The molecule has 6 rings (SSSR count). The van der Waals surface area contributed by atoms with E-state index in [0.29, 0.717) is 40.0 Å². The highest BCUT2D eigenvalue weighted by molar-refractivity contribution is 6.31. The van der Waals surface area contributed by atoms with Crippen LogP contribution >= 0.6 is 11.6 Å². The van der Waals surface area contributed by atoms with Gasteiger partial charge >= 0.3 is 0 Å². The number of nitrogens with zero attached hydrogens (tertiary/aromatic N) is 4. The van der Waals surface area contributed by atoms with E-state index >= 15 is 0 Å². The molecule has 0 aliphatic carbocycles. The van der Waals surface area contributed by atoms with Crippen molar-refractivity contribution in [2.45, 2.75) is 20.1 Å². The van der Waals surface area contributed by atoms with Crippen LogP contribution in [0, 0.1) is 11.3 Å². The molecule has 44 heavy (non-hydrogen) atoms. The van der Waals surface area contributed by atoms with Crippen molar-refractivity contribution in [3.8, 4) is 28.8 Å². The first-order valence-corrected chi connectivity index (χ1v) is 14.1. The summed E-state index contributed by atoms with van der Waals surface area (Å²) in [5, 5.41) is 15.3. The number of imide groups is 1. The van der Waals surface area contributed by atoms with Gasteiger partial charge in [0.25, 0.3) is 11.8 Å². The minimum atomic E-state index is -0.656. The van der Waals surface area contributed by atoms with E-state index in [4.69, 9.17) is 25.9 Å². The zero-order valence-corrected chi connectivity index (χ0v) is 24.4. The predicted molar refractivity (Wildman–Crippen MR) is 165 cm³/mol. The van der Waals surface area contributed by atoms with Crippen LogP contribution in [0.15, 0.2) is 125 Å². The molecule has 9 heteroatoms. The zero-order chi connectivity index (χ0) is 30.6. The van der Waals surface area contributed by atoms with Crippen LogP contribution in [0.1, 0.15) is 23.8 Å². The van der Waals surface area contributed by atoms with Crippen molar-refractivity contribution in [2.75, 3.05) is 0 Å². The van der Waals surface area contributed by atoms with Gasteiger partial charge in [0.1, 0.15) is 29.8 Å². The first-order valence-electron chi connectivity index (χ1n) is 13.8. The van der Waals surface area contributed by atoms with Crippen molar-refractivity contribution >= 4 is 29.5 Å². The molecule has 0 atom stereocenters. The third-order valence-electron chi connectivity index (χ3n) is 7.26. The number of aromatic nitrogens is 2. The Labute approximate surface area is 258 Å². The monoisotopic (exact) mass is 600 g/mol. The molecule has 5 aromatic rings. The largest absolute Gasteiger partial charge is 0.489 e. The Morgan fingerprint density at radius 1 is 0.955 bits per heavy atom. The summed E-state index contributed by atoms with van der Waals surface area (Å²) in [6, 6.07) is 29.9. The number of carbonyl (C=O) groups is 2. The van der Waals surface area contributed by atoms with Crippen LogP contribution in [-0.2, 0) is 22.7 Å². The molecule has 0 saturated heterocycles. The topological polar surface area (TPSA) is 101 Å². The van der Waals surface area contributed by atoms with E-state index in [1.165, 1.54) is 6.26 Å². The van der Waals surface area contributed by atoms with E-state index in [1.54, 1.807) is 29.8 Å². The number of hydrogen-bond acceptors (Lipinski definition) is 6. The summed E-state index contributed by atoms with van der Waals surface area (Å²) >= 11 is 6.27. The molecule has 1 aliphatic heterocycles.